The summed E-state index contributed by atoms with van der Waals surface area (Å²) in [4.78, 5) is 0. The van der Waals surface area contributed by atoms with Gasteiger partial charge in [-0.25, -0.2) is 0 Å². The topological polar surface area (TPSA) is 44.0 Å². The van der Waals surface area contributed by atoms with Crippen LogP contribution in [0.1, 0.15) is 52.4 Å². The molecule has 1 N–H and O–H groups in total. The lowest BCUT2D eigenvalue weighted by atomic mass is 9.60. The molecular formula is C13H21NO. The van der Waals surface area contributed by atoms with E-state index in [1.807, 2.05) is 6.92 Å². The van der Waals surface area contributed by atoms with Crippen LogP contribution >= 0.6 is 0 Å². The maximum atomic E-state index is 10.6. The molecule has 84 valence electrons. The smallest absolute Gasteiger partial charge is 0.0862 e. The first-order chi connectivity index (χ1) is 7.02. The molecule has 0 bridgehead atoms. The third-order valence-corrected chi connectivity index (χ3v) is 4.55. The van der Waals surface area contributed by atoms with Crippen LogP contribution in [0.5, 0.6) is 0 Å². The van der Waals surface area contributed by atoms with Gasteiger partial charge in [-0.3, -0.25) is 0 Å². The van der Waals surface area contributed by atoms with E-state index in [0.29, 0.717) is 11.8 Å². The Kier molecular flexibility index (Phi) is 2.55. The van der Waals surface area contributed by atoms with Gasteiger partial charge in [0, 0.05) is 0 Å². The van der Waals surface area contributed by atoms with Gasteiger partial charge in [0.1, 0.15) is 0 Å². The van der Waals surface area contributed by atoms with E-state index in [4.69, 9.17) is 0 Å². The highest BCUT2D eigenvalue weighted by Gasteiger charge is 2.56. The average molecular weight is 207 g/mol. The number of aliphatic hydroxyl groups is 1. The highest BCUT2D eigenvalue weighted by molar-refractivity contribution is 5.15. The molecule has 0 saturated heterocycles. The van der Waals surface area contributed by atoms with Crippen LogP contribution in [0.4, 0.5) is 0 Å². The Morgan fingerprint density at radius 3 is 2.53 bits per heavy atom. The van der Waals surface area contributed by atoms with Gasteiger partial charge < -0.3 is 5.11 Å². The van der Waals surface area contributed by atoms with E-state index in [2.05, 4.69) is 13.0 Å². The lowest BCUT2D eigenvalue weighted by Crippen LogP contribution is -2.49. The molecule has 2 saturated carbocycles. The van der Waals surface area contributed by atoms with Crippen LogP contribution in [0.25, 0.3) is 0 Å². The van der Waals surface area contributed by atoms with E-state index in [-0.39, 0.29) is 0 Å². The van der Waals surface area contributed by atoms with Crippen molar-refractivity contribution in [2.75, 3.05) is 0 Å². The second-order valence-corrected chi connectivity index (χ2v) is 5.82. The first kappa shape index (κ1) is 11.0. The van der Waals surface area contributed by atoms with Gasteiger partial charge in [-0.15, -0.1) is 0 Å². The average Bonchev–Trinajstić information content (AvgIpc) is 3.00. The van der Waals surface area contributed by atoms with Gasteiger partial charge in [-0.05, 0) is 44.4 Å². The summed E-state index contributed by atoms with van der Waals surface area (Å²) in [6.45, 7) is 4.10. The van der Waals surface area contributed by atoms with Gasteiger partial charge in [0.15, 0.2) is 0 Å². The van der Waals surface area contributed by atoms with E-state index in [9.17, 15) is 10.4 Å². The summed E-state index contributed by atoms with van der Waals surface area (Å²) in [5, 5.41) is 20.1. The lowest BCUT2D eigenvalue weighted by molar-refractivity contribution is -0.0827. The quantitative estimate of drug-likeness (QED) is 0.756. The van der Waals surface area contributed by atoms with E-state index in [1.165, 1.54) is 6.42 Å². The van der Waals surface area contributed by atoms with Crippen molar-refractivity contribution in [1.82, 2.24) is 0 Å². The van der Waals surface area contributed by atoms with Crippen molar-refractivity contribution in [3.05, 3.63) is 0 Å². The monoisotopic (exact) mass is 207 g/mol. The predicted molar refractivity (Wildman–Crippen MR) is 59.0 cm³/mol. The summed E-state index contributed by atoms with van der Waals surface area (Å²) >= 11 is 0. The summed E-state index contributed by atoms with van der Waals surface area (Å²) in [7, 11) is 0. The molecular weight excluding hydrogens is 186 g/mol. The van der Waals surface area contributed by atoms with Crippen molar-refractivity contribution < 1.29 is 5.11 Å². The molecule has 2 nitrogen and oxygen atoms in total. The van der Waals surface area contributed by atoms with Crippen molar-refractivity contribution in [3.8, 4) is 6.07 Å². The first-order valence-electron chi connectivity index (χ1n) is 6.15. The maximum Gasteiger partial charge on any atom is 0.0862 e. The van der Waals surface area contributed by atoms with Gasteiger partial charge in [-0.1, -0.05) is 19.8 Å². The van der Waals surface area contributed by atoms with E-state index >= 15 is 0 Å². The largest absolute Gasteiger partial charge is 0.388 e. The first-order valence-corrected chi connectivity index (χ1v) is 6.15. The van der Waals surface area contributed by atoms with Crippen molar-refractivity contribution >= 4 is 0 Å². The molecule has 2 aliphatic rings. The molecule has 3 atom stereocenters. The SMILES string of the molecule is CC1CCCC(C#N)(C(C)(O)C2CC2)C1. The Balaban J connectivity index is 2.23. The molecule has 0 amide bonds. The number of hydrogen-bond acceptors (Lipinski definition) is 2. The van der Waals surface area contributed by atoms with Crippen LogP contribution < -0.4 is 0 Å². The molecule has 0 aromatic heterocycles. The van der Waals surface area contributed by atoms with Gasteiger partial charge in [0.05, 0.1) is 17.1 Å². The van der Waals surface area contributed by atoms with E-state index in [0.717, 1.165) is 32.1 Å². The van der Waals surface area contributed by atoms with Gasteiger partial charge >= 0.3 is 0 Å². The maximum absolute atomic E-state index is 10.6. The summed E-state index contributed by atoms with van der Waals surface area (Å²) in [5.41, 5.74) is -1.22. The molecule has 2 aliphatic carbocycles. The van der Waals surface area contributed by atoms with Crippen LogP contribution in [0.15, 0.2) is 0 Å². The fourth-order valence-corrected chi connectivity index (χ4v) is 3.26. The summed E-state index contributed by atoms with van der Waals surface area (Å²) in [6, 6.07) is 2.46. The Bertz CT molecular complexity index is 287. The molecule has 3 unspecified atom stereocenters. The molecule has 2 rings (SSSR count). The second kappa shape index (κ2) is 3.49. The molecule has 15 heavy (non-hydrogen) atoms. The molecule has 0 heterocycles. The van der Waals surface area contributed by atoms with Crippen molar-refractivity contribution in [2.24, 2.45) is 17.3 Å². The van der Waals surface area contributed by atoms with E-state index in [1.54, 1.807) is 0 Å². The van der Waals surface area contributed by atoms with Crippen LogP contribution in [0.2, 0.25) is 0 Å². The highest BCUT2D eigenvalue weighted by Crippen LogP contribution is 2.55. The van der Waals surface area contributed by atoms with Crippen LogP contribution in [0, 0.1) is 28.6 Å². The number of nitriles is 1. The number of nitrogens with zero attached hydrogens (tertiary/aromatic N) is 1. The normalized spacial score (nSPS) is 40.5. The fraction of sp³-hybridized carbons (Fsp3) is 0.923. The van der Waals surface area contributed by atoms with E-state index < -0.39 is 11.0 Å². The number of rotatable bonds is 2. The molecule has 0 radical (unpaired) electrons. The Morgan fingerprint density at radius 1 is 1.40 bits per heavy atom. The molecule has 0 aliphatic heterocycles. The second-order valence-electron chi connectivity index (χ2n) is 5.82. The number of hydrogen-bond donors (Lipinski definition) is 1. The molecule has 2 fully saturated rings. The Hall–Kier alpha value is -0.550. The Labute approximate surface area is 92.3 Å². The Morgan fingerprint density at radius 2 is 2.07 bits per heavy atom. The van der Waals surface area contributed by atoms with Crippen LogP contribution in [-0.4, -0.2) is 10.7 Å². The zero-order chi connectivity index (χ0) is 11.1. The van der Waals surface area contributed by atoms with Crippen molar-refractivity contribution in [2.45, 2.75) is 58.0 Å². The van der Waals surface area contributed by atoms with Crippen LogP contribution in [0.3, 0.4) is 0 Å². The van der Waals surface area contributed by atoms with Gasteiger partial charge in [-0.2, -0.15) is 5.26 Å². The van der Waals surface area contributed by atoms with Crippen molar-refractivity contribution in [3.63, 3.8) is 0 Å². The highest BCUT2D eigenvalue weighted by atomic mass is 16.3. The molecule has 2 heteroatoms. The lowest BCUT2D eigenvalue weighted by Gasteiger charge is -2.45. The summed E-state index contributed by atoms with van der Waals surface area (Å²) in [6.07, 6.45) is 6.28. The molecule has 0 aromatic rings. The minimum absolute atomic E-state index is 0.377. The van der Waals surface area contributed by atoms with Crippen molar-refractivity contribution in [1.29, 1.82) is 5.26 Å². The standard InChI is InChI=1S/C13H21NO/c1-10-4-3-7-13(8-10,9-14)12(2,15)11-5-6-11/h10-11,15H,3-8H2,1-2H3. The summed E-state index contributed by atoms with van der Waals surface area (Å²) in [5.74, 6) is 0.964. The minimum Gasteiger partial charge on any atom is -0.388 e. The molecule has 0 spiro atoms. The summed E-state index contributed by atoms with van der Waals surface area (Å²) < 4.78 is 0. The zero-order valence-corrected chi connectivity index (χ0v) is 9.79. The fourth-order valence-electron chi connectivity index (χ4n) is 3.26. The minimum atomic E-state index is -0.754. The third kappa shape index (κ3) is 1.67. The van der Waals surface area contributed by atoms with Crippen LogP contribution in [-0.2, 0) is 0 Å². The van der Waals surface area contributed by atoms with Gasteiger partial charge in [0.2, 0.25) is 0 Å². The zero-order valence-electron chi connectivity index (χ0n) is 9.79. The van der Waals surface area contributed by atoms with Gasteiger partial charge in [0.25, 0.3) is 0 Å². The third-order valence-electron chi connectivity index (χ3n) is 4.55. The molecule has 0 aromatic carbocycles. The predicted octanol–water partition coefficient (Wildman–Crippen LogP) is 2.87.